The highest BCUT2D eigenvalue weighted by molar-refractivity contribution is 5.85. The molecule has 0 saturated heterocycles. The quantitative estimate of drug-likeness (QED) is 0.736. The smallest absolute Gasteiger partial charge is 0.249 e. The fourth-order valence-electron chi connectivity index (χ4n) is 3.22. The van der Waals surface area contributed by atoms with Crippen LogP contribution in [-0.2, 0) is 9.53 Å². The summed E-state index contributed by atoms with van der Waals surface area (Å²) >= 11 is 0. The Morgan fingerprint density at radius 3 is 2.95 bits per heavy atom. The predicted molar refractivity (Wildman–Crippen MR) is 92.4 cm³/mol. The van der Waals surface area contributed by atoms with E-state index in [4.69, 9.17) is 4.74 Å². The third-order valence-corrected chi connectivity index (χ3v) is 4.56. The molecule has 2 N–H and O–H groups in total. The van der Waals surface area contributed by atoms with E-state index >= 15 is 0 Å². The summed E-state index contributed by atoms with van der Waals surface area (Å²) < 4.78 is 6.07. The van der Waals surface area contributed by atoms with Crippen LogP contribution in [0.15, 0.2) is 11.6 Å². The molecule has 0 spiro atoms. The molecule has 1 saturated carbocycles. The Labute approximate surface area is 140 Å². The molecule has 2 rings (SSSR count). The second-order valence-corrected chi connectivity index (χ2v) is 6.46. The van der Waals surface area contributed by atoms with Gasteiger partial charge in [-0.2, -0.15) is 0 Å². The summed E-state index contributed by atoms with van der Waals surface area (Å²) in [5.41, 5.74) is 1.32. The van der Waals surface area contributed by atoms with Gasteiger partial charge in [-0.1, -0.05) is 38.3 Å². The van der Waals surface area contributed by atoms with Crippen LogP contribution in [0.1, 0.15) is 52.4 Å². The van der Waals surface area contributed by atoms with Gasteiger partial charge in [-0.3, -0.25) is 4.79 Å². The molecule has 2 aliphatic rings. The van der Waals surface area contributed by atoms with Crippen molar-refractivity contribution in [3.8, 4) is 0 Å². The van der Waals surface area contributed by atoms with Gasteiger partial charge in [0, 0.05) is 13.1 Å². The lowest BCUT2D eigenvalue weighted by molar-refractivity contribution is -0.138. The molecule has 1 amide bonds. The number of carbonyl (C=O) groups is 1. The number of rotatable bonds is 6. The molecule has 1 aliphatic carbocycles. The molecular weight excluding hydrogens is 300 g/mol. The zero-order valence-electron chi connectivity index (χ0n) is 13.9. The summed E-state index contributed by atoms with van der Waals surface area (Å²) in [7, 11) is 0. The largest absolute Gasteiger partial charge is 0.365 e. The number of halogens is 1. The lowest BCUT2D eigenvalue weighted by Crippen LogP contribution is -2.40. The molecule has 0 radical (unpaired) electrons. The Morgan fingerprint density at radius 2 is 2.32 bits per heavy atom. The number of hydrogen-bond acceptors (Lipinski definition) is 3. The third kappa shape index (κ3) is 6.27. The van der Waals surface area contributed by atoms with Crippen LogP contribution in [0.5, 0.6) is 0 Å². The molecule has 1 aliphatic heterocycles. The minimum absolute atomic E-state index is 0. The van der Waals surface area contributed by atoms with Gasteiger partial charge in [0.05, 0.1) is 6.10 Å². The first-order valence-corrected chi connectivity index (χ1v) is 8.50. The minimum Gasteiger partial charge on any atom is -0.365 e. The number of ether oxygens (including phenoxy) is 1. The lowest BCUT2D eigenvalue weighted by atomic mass is 9.88. The van der Waals surface area contributed by atoms with E-state index in [1.807, 2.05) is 6.92 Å². The molecule has 0 aromatic heterocycles. The standard InChI is InChI=1S/C17H30N2O2.ClH/c1-3-16(21-15-6-4-5-13(2)11-15)17(20)19-12-14-7-9-18-10-8-14;/h7,13,15-16,18H,3-6,8-12H2,1-2H3,(H,19,20);1H. The molecule has 0 aromatic carbocycles. The van der Waals surface area contributed by atoms with Crippen LogP contribution < -0.4 is 10.6 Å². The van der Waals surface area contributed by atoms with Crippen molar-refractivity contribution < 1.29 is 9.53 Å². The maximum atomic E-state index is 12.3. The van der Waals surface area contributed by atoms with Crippen LogP contribution in [0.2, 0.25) is 0 Å². The van der Waals surface area contributed by atoms with Gasteiger partial charge in [-0.25, -0.2) is 0 Å². The van der Waals surface area contributed by atoms with Crippen LogP contribution in [0.3, 0.4) is 0 Å². The minimum atomic E-state index is -0.289. The third-order valence-electron chi connectivity index (χ3n) is 4.56. The lowest BCUT2D eigenvalue weighted by Gasteiger charge is -2.30. The summed E-state index contributed by atoms with van der Waals surface area (Å²) in [6, 6.07) is 0. The van der Waals surface area contributed by atoms with Crippen molar-refractivity contribution in [3.63, 3.8) is 0 Å². The fraction of sp³-hybridized carbons (Fsp3) is 0.824. The van der Waals surface area contributed by atoms with Gasteiger partial charge < -0.3 is 15.4 Å². The maximum absolute atomic E-state index is 12.3. The van der Waals surface area contributed by atoms with Crippen molar-refractivity contribution in [1.82, 2.24) is 10.6 Å². The van der Waals surface area contributed by atoms with E-state index in [1.54, 1.807) is 0 Å². The first kappa shape index (κ1) is 19.5. The van der Waals surface area contributed by atoms with E-state index in [1.165, 1.54) is 18.4 Å². The molecule has 0 aromatic rings. The molecule has 128 valence electrons. The molecular formula is C17H31ClN2O2. The van der Waals surface area contributed by atoms with Crippen LogP contribution in [0.25, 0.3) is 0 Å². The molecule has 22 heavy (non-hydrogen) atoms. The maximum Gasteiger partial charge on any atom is 0.249 e. The van der Waals surface area contributed by atoms with Gasteiger partial charge in [0.2, 0.25) is 5.91 Å². The average molecular weight is 331 g/mol. The molecule has 0 bridgehead atoms. The Balaban J connectivity index is 0.00000242. The van der Waals surface area contributed by atoms with Crippen molar-refractivity contribution in [2.24, 2.45) is 5.92 Å². The van der Waals surface area contributed by atoms with Gasteiger partial charge in [0.25, 0.3) is 0 Å². The molecule has 5 heteroatoms. The van der Waals surface area contributed by atoms with E-state index in [0.717, 1.165) is 44.7 Å². The highest BCUT2D eigenvalue weighted by Gasteiger charge is 2.25. The van der Waals surface area contributed by atoms with E-state index in [9.17, 15) is 4.79 Å². The Bertz CT molecular complexity index is 374. The number of nitrogens with one attached hydrogen (secondary N) is 2. The normalized spacial score (nSPS) is 26.5. The molecule has 4 nitrogen and oxygen atoms in total. The second-order valence-electron chi connectivity index (χ2n) is 6.46. The van der Waals surface area contributed by atoms with Crippen molar-refractivity contribution in [2.45, 2.75) is 64.6 Å². The molecule has 3 unspecified atom stereocenters. The van der Waals surface area contributed by atoms with Gasteiger partial charge in [-0.05, 0) is 38.1 Å². The molecule has 1 fully saturated rings. The van der Waals surface area contributed by atoms with Gasteiger partial charge in [0.1, 0.15) is 6.10 Å². The average Bonchev–Trinajstić information content (AvgIpc) is 2.51. The Hall–Kier alpha value is -0.580. The zero-order chi connectivity index (χ0) is 15.1. The second kappa shape index (κ2) is 10.2. The van der Waals surface area contributed by atoms with Crippen molar-refractivity contribution in [1.29, 1.82) is 0 Å². The van der Waals surface area contributed by atoms with Gasteiger partial charge in [-0.15, -0.1) is 12.4 Å². The fourth-order valence-corrected chi connectivity index (χ4v) is 3.22. The van der Waals surface area contributed by atoms with Crippen LogP contribution in [-0.4, -0.2) is 37.7 Å². The summed E-state index contributed by atoms with van der Waals surface area (Å²) in [5.74, 6) is 0.777. The Morgan fingerprint density at radius 1 is 1.50 bits per heavy atom. The zero-order valence-corrected chi connectivity index (χ0v) is 14.7. The first-order chi connectivity index (χ1) is 10.2. The number of amides is 1. The van der Waals surface area contributed by atoms with E-state index in [0.29, 0.717) is 6.54 Å². The van der Waals surface area contributed by atoms with E-state index in [2.05, 4.69) is 23.6 Å². The van der Waals surface area contributed by atoms with Crippen LogP contribution in [0.4, 0.5) is 0 Å². The van der Waals surface area contributed by atoms with E-state index < -0.39 is 0 Å². The van der Waals surface area contributed by atoms with Crippen molar-refractivity contribution >= 4 is 18.3 Å². The number of hydrogen-bond donors (Lipinski definition) is 2. The predicted octanol–water partition coefficient (Wildman–Crippen LogP) is 2.82. The van der Waals surface area contributed by atoms with Crippen LogP contribution in [0, 0.1) is 5.92 Å². The summed E-state index contributed by atoms with van der Waals surface area (Å²) in [4.78, 5) is 12.3. The monoisotopic (exact) mass is 330 g/mol. The van der Waals surface area contributed by atoms with E-state index in [-0.39, 0.29) is 30.5 Å². The van der Waals surface area contributed by atoms with Crippen molar-refractivity contribution in [2.75, 3.05) is 19.6 Å². The molecule has 3 atom stereocenters. The Kier molecular flexibility index (Phi) is 9.06. The van der Waals surface area contributed by atoms with Crippen molar-refractivity contribution in [3.05, 3.63) is 11.6 Å². The summed E-state index contributed by atoms with van der Waals surface area (Å²) in [6.07, 6.45) is 8.65. The summed E-state index contributed by atoms with van der Waals surface area (Å²) in [5, 5.41) is 6.32. The molecule has 1 heterocycles. The highest BCUT2D eigenvalue weighted by Crippen LogP contribution is 2.26. The SMILES string of the molecule is CCC(OC1CCCC(C)C1)C(=O)NCC1=CCNCC1.Cl. The number of carbonyl (C=O) groups excluding carboxylic acids is 1. The van der Waals surface area contributed by atoms with Crippen LogP contribution >= 0.6 is 12.4 Å². The summed E-state index contributed by atoms with van der Waals surface area (Å²) in [6.45, 7) is 6.90. The highest BCUT2D eigenvalue weighted by atomic mass is 35.5. The van der Waals surface area contributed by atoms with Gasteiger partial charge >= 0.3 is 0 Å². The topological polar surface area (TPSA) is 50.4 Å². The first-order valence-electron chi connectivity index (χ1n) is 8.50. The van der Waals surface area contributed by atoms with Gasteiger partial charge in [0.15, 0.2) is 0 Å².